The number of para-hydroxylation sites is 1. The molecule has 1 aliphatic rings. The molecule has 9 nitrogen and oxygen atoms in total. The summed E-state index contributed by atoms with van der Waals surface area (Å²) in [4.78, 5) is 38.8. The summed E-state index contributed by atoms with van der Waals surface area (Å²) in [6.07, 6.45) is 0.819. The lowest BCUT2D eigenvalue weighted by Gasteiger charge is -2.23. The van der Waals surface area contributed by atoms with Gasteiger partial charge in [-0.05, 0) is 80.4 Å². The van der Waals surface area contributed by atoms with Gasteiger partial charge < -0.3 is 25.1 Å². The molecule has 0 atom stereocenters. The fraction of sp³-hybridized carbons (Fsp3) is 0.500. The smallest absolute Gasteiger partial charge is 0.408 e. The van der Waals surface area contributed by atoms with E-state index in [4.69, 9.17) is 19.4 Å². The number of alkyl carbamates (subject to hydrolysis) is 1. The number of rotatable bonds is 6. The van der Waals surface area contributed by atoms with Crippen LogP contribution >= 0.6 is 0 Å². The molecule has 0 bridgehead atoms. The third kappa shape index (κ3) is 5.87. The number of carbonyl (C=O) groups is 2. The first-order valence-corrected chi connectivity index (χ1v) is 12.7. The topological polar surface area (TPSA) is 118 Å². The Bertz CT molecular complexity index is 1340. The first-order valence-electron chi connectivity index (χ1n) is 12.7. The third-order valence-electron chi connectivity index (χ3n) is 5.93. The summed E-state index contributed by atoms with van der Waals surface area (Å²) < 4.78 is 10.9. The lowest BCUT2D eigenvalue weighted by atomic mass is 10.1. The van der Waals surface area contributed by atoms with E-state index in [-0.39, 0.29) is 12.1 Å². The molecule has 0 radical (unpaired) electrons. The first kappa shape index (κ1) is 26.4. The van der Waals surface area contributed by atoms with Gasteiger partial charge in [0.2, 0.25) is 0 Å². The highest BCUT2D eigenvalue weighted by atomic mass is 16.6. The van der Waals surface area contributed by atoms with Crippen molar-refractivity contribution < 1.29 is 19.1 Å². The summed E-state index contributed by atoms with van der Waals surface area (Å²) in [5.74, 6) is 0.254. The highest BCUT2D eigenvalue weighted by Crippen LogP contribution is 2.48. The lowest BCUT2D eigenvalue weighted by Crippen LogP contribution is -2.40. The number of esters is 1. The molecule has 3 aromatic rings. The average Bonchev–Trinajstić information content (AvgIpc) is 3.38. The fourth-order valence-electron chi connectivity index (χ4n) is 4.26. The van der Waals surface area contributed by atoms with Gasteiger partial charge in [0.1, 0.15) is 16.9 Å². The lowest BCUT2D eigenvalue weighted by molar-refractivity contribution is 0.0478. The summed E-state index contributed by atoms with van der Waals surface area (Å²) in [6.45, 7) is 15.6. The number of carbonyl (C=O) groups excluding carboxylic acids is 2. The minimum Gasteiger partial charge on any atom is -0.462 e. The van der Waals surface area contributed by atoms with Crippen molar-refractivity contribution in [2.75, 3.05) is 11.9 Å². The summed E-state index contributed by atoms with van der Waals surface area (Å²) >= 11 is 0. The van der Waals surface area contributed by atoms with Crippen molar-refractivity contribution in [1.82, 2.24) is 20.3 Å². The molecule has 2 heterocycles. The number of aromatic amines is 1. The number of ether oxygens (including phenoxy) is 2. The molecule has 3 N–H and O–H groups in total. The number of nitrogens with zero attached hydrogens (tertiary/aromatic N) is 2. The maximum atomic E-state index is 13.0. The molecule has 1 aliphatic carbocycles. The monoisotopic (exact) mass is 507 g/mol. The van der Waals surface area contributed by atoms with Crippen LogP contribution < -0.4 is 10.6 Å². The SMILES string of the molecule is CCOC(=O)c1cc(-c2cccc3nc(C)c(NC(C)(C)C)nc23)[nH]c1C1(NC(=O)OC(C)(C)C)CC1. The second-order valence-corrected chi connectivity index (χ2v) is 11.6. The molecule has 2 aromatic heterocycles. The Balaban J connectivity index is 1.81. The van der Waals surface area contributed by atoms with E-state index in [0.29, 0.717) is 41.1 Å². The van der Waals surface area contributed by atoms with Crippen LogP contribution in [0.15, 0.2) is 24.3 Å². The Morgan fingerprint density at radius 1 is 1.11 bits per heavy atom. The molecule has 0 aliphatic heterocycles. The molecule has 1 fully saturated rings. The van der Waals surface area contributed by atoms with Crippen molar-refractivity contribution in [3.63, 3.8) is 0 Å². The zero-order valence-electron chi connectivity index (χ0n) is 23.0. The van der Waals surface area contributed by atoms with Crippen LogP contribution in [-0.4, -0.2) is 44.8 Å². The summed E-state index contributed by atoms with van der Waals surface area (Å²) in [5.41, 5.74) is 3.18. The summed E-state index contributed by atoms with van der Waals surface area (Å²) in [5, 5.41) is 6.41. The quantitative estimate of drug-likeness (QED) is 0.359. The highest BCUT2D eigenvalue weighted by molar-refractivity contribution is 5.97. The van der Waals surface area contributed by atoms with Gasteiger partial charge in [-0.2, -0.15) is 0 Å². The maximum Gasteiger partial charge on any atom is 0.408 e. The van der Waals surface area contributed by atoms with Crippen molar-refractivity contribution in [2.45, 2.75) is 84.9 Å². The molecule has 1 aromatic carbocycles. The normalized spacial score (nSPS) is 14.8. The van der Waals surface area contributed by atoms with Crippen LogP contribution in [0.1, 0.15) is 83.1 Å². The fourth-order valence-corrected chi connectivity index (χ4v) is 4.26. The molecule has 0 spiro atoms. The molecule has 1 saturated carbocycles. The first-order chi connectivity index (χ1) is 17.2. The van der Waals surface area contributed by atoms with Gasteiger partial charge in [-0.15, -0.1) is 0 Å². The van der Waals surface area contributed by atoms with E-state index in [2.05, 4.69) is 36.4 Å². The minimum atomic E-state index is -0.728. The van der Waals surface area contributed by atoms with Crippen LogP contribution in [0, 0.1) is 6.92 Å². The van der Waals surface area contributed by atoms with Gasteiger partial charge in [-0.3, -0.25) is 0 Å². The number of aryl methyl sites for hydroxylation is 1. The Hall–Kier alpha value is -3.62. The Labute approximate surface area is 217 Å². The minimum absolute atomic E-state index is 0.190. The van der Waals surface area contributed by atoms with E-state index in [1.165, 1.54) is 0 Å². The average molecular weight is 508 g/mol. The molecule has 0 saturated heterocycles. The number of anilines is 1. The van der Waals surface area contributed by atoms with Gasteiger partial charge in [-0.1, -0.05) is 12.1 Å². The molecule has 0 unspecified atom stereocenters. The van der Waals surface area contributed by atoms with E-state index >= 15 is 0 Å². The predicted octanol–water partition coefficient (Wildman–Crippen LogP) is 5.83. The van der Waals surface area contributed by atoms with E-state index in [9.17, 15) is 9.59 Å². The molecule has 4 rings (SSSR count). The largest absolute Gasteiger partial charge is 0.462 e. The van der Waals surface area contributed by atoms with Gasteiger partial charge in [0, 0.05) is 16.8 Å². The van der Waals surface area contributed by atoms with Crippen LogP contribution in [0.3, 0.4) is 0 Å². The number of nitrogens with one attached hydrogen (secondary N) is 3. The number of H-pyrrole nitrogens is 1. The highest BCUT2D eigenvalue weighted by Gasteiger charge is 2.50. The molecule has 9 heteroatoms. The third-order valence-corrected chi connectivity index (χ3v) is 5.93. The maximum absolute atomic E-state index is 13.0. The van der Waals surface area contributed by atoms with Crippen molar-refractivity contribution in [1.29, 1.82) is 0 Å². The van der Waals surface area contributed by atoms with Crippen molar-refractivity contribution in [3.05, 3.63) is 41.2 Å². The number of hydrogen-bond acceptors (Lipinski definition) is 7. The van der Waals surface area contributed by atoms with Gasteiger partial charge in [0.05, 0.1) is 34.6 Å². The van der Waals surface area contributed by atoms with E-state index < -0.39 is 23.2 Å². The van der Waals surface area contributed by atoms with Crippen LogP contribution in [0.5, 0.6) is 0 Å². The zero-order chi connectivity index (χ0) is 27.2. The Kier molecular flexibility index (Phi) is 6.69. The molecule has 37 heavy (non-hydrogen) atoms. The summed E-state index contributed by atoms with van der Waals surface area (Å²) in [7, 11) is 0. The van der Waals surface area contributed by atoms with Gasteiger partial charge >= 0.3 is 12.1 Å². The number of amides is 1. The van der Waals surface area contributed by atoms with Crippen molar-refractivity contribution in [3.8, 4) is 11.3 Å². The van der Waals surface area contributed by atoms with Gasteiger partial charge in [-0.25, -0.2) is 19.6 Å². The van der Waals surface area contributed by atoms with Gasteiger partial charge in [0.15, 0.2) is 0 Å². The molecule has 198 valence electrons. The molecule has 1 amide bonds. The van der Waals surface area contributed by atoms with Crippen molar-refractivity contribution >= 4 is 28.9 Å². The van der Waals surface area contributed by atoms with Crippen molar-refractivity contribution in [2.24, 2.45) is 0 Å². The van der Waals surface area contributed by atoms with E-state index in [0.717, 1.165) is 16.8 Å². The van der Waals surface area contributed by atoms with E-state index in [1.54, 1.807) is 13.0 Å². The van der Waals surface area contributed by atoms with Gasteiger partial charge in [0.25, 0.3) is 0 Å². The van der Waals surface area contributed by atoms with Crippen LogP contribution in [-0.2, 0) is 15.0 Å². The number of aromatic nitrogens is 3. The predicted molar refractivity (Wildman–Crippen MR) is 144 cm³/mol. The molecular formula is C28H37N5O4. The van der Waals surface area contributed by atoms with Crippen LogP contribution in [0.2, 0.25) is 0 Å². The second kappa shape index (κ2) is 9.36. The van der Waals surface area contributed by atoms with Crippen LogP contribution in [0.25, 0.3) is 22.3 Å². The number of hydrogen-bond donors (Lipinski definition) is 3. The zero-order valence-corrected chi connectivity index (χ0v) is 23.0. The van der Waals surface area contributed by atoms with Crippen LogP contribution in [0.4, 0.5) is 10.6 Å². The second-order valence-electron chi connectivity index (χ2n) is 11.6. The summed E-state index contributed by atoms with van der Waals surface area (Å²) in [6, 6.07) is 7.55. The molecular weight excluding hydrogens is 470 g/mol. The Morgan fingerprint density at radius 2 is 1.81 bits per heavy atom. The van der Waals surface area contributed by atoms with E-state index in [1.807, 2.05) is 45.9 Å². The number of fused-ring (bicyclic) bond motifs is 1. The Morgan fingerprint density at radius 3 is 2.41 bits per heavy atom. The standard InChI is InChI=1S/C28H37N5O4/c1-9-36-24(34)18-15-20(30-22(18)28(13-14-28)33-25(35)37-27(6,7)8)17-11-10-12-19-21(17)31-23(16(2)29-19)32-26(3,4)5/h10-12,15,30H,9,13-14H2,1-8H3,(H,31,32)(H,33,35). The number of benzene rings is 1.